The Hall–Kier alpha value is -0.0800. The number of hydrogen-bond donors (Lipinski definition) is 1. The highest BCUT2D eigenvalue weighted by molar-refractivity contribution is 4.64. The SMILES string of the molecule is CCCN(CC(C)O)CC(C)CC. The van der Waals surface area contributed by atoms with Crippen molar-refractivity contribution in [1.82, 2.24) is 4.90 Å². The number of aliphatic hydroxyl groups excluding tert-OH is 1. The largest absolute Gasteiger partial charge is 0.392 e. The maximum Gasteiger partial charge on any atom is 0.0639 e. The summed E-state index contributed by atoms with van der Waals surface area (Å²) in [4.78, 5) is 2.36. The van der Waals surface area contributed by atoms with Crippen LogP contribution in [0, 0.1) is 5.92 Å². The molecule has 0 aliphatic carbocycles. The van der Waals surface area contributed by atoms with Gasteiger partial charge in [0.15, 0.2) is 0 Å². The van der Waals surface area contributed by atoms with Gasteiger partial charge in [0.1, 0.15) is 0 Å². The fourth-order valence-corrected chi connectivity index (χ4v) is 1.52. The average molecular weight is 187 g/mol. The Kier molecular flexibility index (Phi) is 7.29. The maximum atomic E-state index is 9.29. The Morgan fingerprint density at radius 2 is 1.77 bits per heavy atom. The molecule has 0 amide bonds. The minimum Gasteiger partial charge on any atom is -0.392 e. The number of rotatable bonds is 7. The van der Waals surface area contributed by atoms with E-state index in [0.717, 1.165) is 25.6 Å². The molecule has 0 bridgehead atoms. The average Bonchev–Trinajstić information content (AvgIpc) is 2.03. The van der Waals surface area contributed by atoms with E-state index in [9.17, 15) is 5.11 Å². The molecule has 80 valence electrons. The minimum absolute atomic E-state index is 0.199. The zero-order valence-electron chi connectivity index (χ0n) is 9.58. The molecular weight excluding hydrogens is 162 g/mol. The van der Waals surface area contributed by atoms with Crippen LogP contribution < -0.4 is 0 Å². The Morgan fingerprint density at radius 3 is 2.15 bits per heavy atom. The molecule has 1 N–H and O–H groups in total. The summed E-state index contributed by atoms with van der Waals surface area (Å²) in [6.07, 6.45) is 2.19. The van der Waals surface area contributed by atoms with Crippen LogP contribution in [0.15, 0.2) is 0 Å². The summed E-state index contributed by atoms with van der Waals surface area (Å²) in [5.41, 5.74) is 0. The van der Waals surface area contributed by atoms with Gasteiger partial charge in [-0.25, -0.2) is 0 Å². The van der Waals surface area contributed by atoms with Crippen LogP contribution in [-0.2, 0) is 0 Å². The van der Waals surface area contributed by atoms with E-state index < -0.39 is 0 Å². The van der Waals surface area contributed by atoms with Crippen LogP contribution in [0.3, 0.4) is 0 Å². The Balaban J connectivity index is 3.78. The Labute approximate surface area is 82.9 Å². The summed E-state index contributed by atoms with van der Waals surface area (Å²) < 4.78 is 0. The van der Waals surface area contributed by atoms with Crippen LogP contribution in [0.25, 0.3) is 0 Å². The summed E-state index contributed by atoms with van der Waals surface area (Å²) in [7, 11) is 0. The first-order valence-corrected chi connectivity index (χ1v) is 5.50. The van der Waals surface area contributed by atoms with Crippen molar-refractivity contribution in [3.8, 4) is 0 Å². The first kappa shape index (κ1) is 12.9. The molecule has 2 nitrogen and oxygen atoms in total. The predicted molar refractivity (Wildman–Crippen MR) is 57.9 cm³/mol. The monoisotopic (exact) mass is 187 g/mol. The van der Waals surface area contributed by atoms with Crippen molar-refractivity contribution >= 4 is 0 Å². The molecule has 0 spiro atoms. The molecule has 0 aromatic carbocycles. The highest BCUT2D eigenvalue weighted by Crippen LogP contribution is 2.05. The van der Waals surface area contributed by atoms with Gasteiger partial charge in [-0.2, -0.15) is 0 Å². The maximum absolute atomic E-state index is 9.29. The summed E-state index contributed by atoms with van der Waals surface area (Å²) in [6, 6.07) is 0. The van der Waals surface area contributed by atoms with Gasteiger partial charge in [0.2, 0.25) is 0 Å². The third-order valence-corrected chi connectivity index (χ3v) is 2.33. The van der Waals surface area contributed by atoms with Crippen LogP contribution in [0.1, 0.15) is 40.5 Å². The fourth-order valence-electron chi connectivity index (χ4n) is 1.52. The molecule has 0 heterocycles. The lowest BCUT2D eigenvalue weighted by molar-refractivity contribution is 0.116. The molecule has 13 heavy (non-hydrogen) atoms. The second-order valence-electron chi connectivity index (χ2n) is 4.12. The van der Waals surface area contributed by atoms with Crippen molar-refractivity contribution in [2.24, 2.45) is 5.92 Å². The summed E-state index contributed by atoms with van der Waals surface area (Å²) in [6.45, 7) is 11.6. The first-order chi connectivity index (χ1) is 6.10. The molecule has 0 radical (unpaired) electrons. The summed E-state index contributed by atoms with van der Waals surface area (Å²) in [5.74, 6) is 0.741. The van der Waals surface area contributed by atoms with Crippen LogP contribution >= 0.6 is 0 Å². The van der Waals surface area contributed by atoms with Gasteiger partial charge in [0, 0.05) is 13.1 Å². The second kappa shape index (κ2) is 7.34. The van der Waals surface area contributed by atoms with Crippen molar-refractivity contribution < 1.29 is 5.11 Å². The third-order valence-electron chi connectivity index (χ3n) is 2.33. The van der Waals surface area contributed by atoms with E-state index in [2.05, 4.69) is 25.7 Å². The van der Waals surface area contributed by atoms with E-state index in [1.54, 1.807) is 0 Å². The minimum atomic E-state index is -0.199. The molecule has 2 unspecified atom stereocenters. The van der Waals surface area contributed by atoms with Gasteiger partial charge in [-0.1, -0.05) is 27.2 Å². The van der Waals surface area contributed by atoms with Gasteiger partial charge in [-0.05, 0) is 25.8 Å². The van der Waals surface area contributed by atoms with Crippen LogP contribution in [0.2, 0.25) is 0 Å². The quantitative estimate of drug-likeness (QED) is 0.660. The first-order valence-electron chi connectivity index (χ1n) is 5.50. The number of aliphatic hydroxyl groups is 1. The standard InChI is InChI=1S/C11H25NO/c1-5-7-12(9-11(4)13)8-10(3)6-2/h10-11,13H,5-9H2,1-4H3. The molecule has 0 aliphatic heterocycles. The number of nitrogens with zero attached hydrogens (tertiary/aromatic N) is 1. The van der Waals surface area contributed by atoms with E-state index in [0.29, 0.717) is 0 Å². The normalized spacial score (nSPS) is 16.2. The lowest BCUT2D eigenvalue weighted by atomic mass is 10.1. The third kappa shape index (κ3) is 7.03. The van der Waals surface area contributed by atoms with Gasteiger partial charge >= 0.3 is 0 Å². The van der Waals surface area contributed by atoms with Gasteiger partial charge in [-0.3, -0.25) is 0 Å². The lowest BCUT2D eigenvalue weighted by Crippen LogP contribution is -2.35. The molecule has 2 heteroatoms. The van der Waals surface area contributed by atoms with Crippen molar-refractivity contribution in [2.45, 2.75) is 46.6 Å². The van der Waals surface area contributed by atoms with Crippen LogP contribution in [0.4, 0.5) is 0 Å². The van der Waals surface area contributed by atoms with Crippen molar-refractivity contribution in [2.75, 3.05) is 19.6 Å². The van der Waals surface area contributed by atoms with Gasteiger partial charge in [0.05, 0.1) is 6.10 Å². The van der Waals surface area contributed by atoms with Crippen molar-refractivity contribution in [3.63, 3.8) is 0 Å². The zero-order valence-corrected chi connectivity index (χ0v) is 9.58. The highest BCUT2D eigenvalue weighted by Gasteiger charge is 2.09. The smallest absolute Gasteiger partial charge is 0.0639 e. The molecule has 0 aromatic heterocycles. The van der Waals surface area contributed by atoms with Gasteiger partial charge in [-0.15, -0.1) is 0 Å². The van der Waals surface area contributed by atoms with Gasteiger partial charge in [0.25, 0.3) is 0 Å². The number of hydrogen-bond acceptors (Lipinski definition) is 2. The summed E-state index contributed by atoms with van der Waals surface area (Å²) >= 11 is 0. The van der Waals surface area contributed by atoms with Gasteiger partial charge < -0.3 is 10.0 Å². The Bertz CT molecular complexity index is 115. The molecule has 0 fully saturated rings. The molecule has 0 aliphatic rings. The molecule has 0 saturated heterocycles. The summed E-state index contributed by atoms with van der Waals surface area (Å²) in [5, 5.41) is 9.29. The fraction of sp³-hybridized carbons (Fsp3) is 1.00. The van der Waals surface area contributed by atoms with E-state index in [4.69, 9.17) is 0 Å². The van der Waals surface area contributed by atoms with Crippen molar-refractivity contribution in [3.05, 3.63) is 0 Å². The molecule has 2 atom stereocenters. The lowest BCUT2D eigenvalue weighted by Gasteiger charge is -2.25. The van der Waals surface area contributed by atoms with E-state index >= 15 is 0 Å². The zero-order chi connectivity index (χ0) is 10.3. The van der Waals surface area contributed by atoms with Crippen molar-refractivity contribution in [1.29, 1.82) is 0 Å². The van der Waals surface area contributed by atoms with Crippen LogP contribution in [-0.4, -0.2) is 35.7 Å². The Morgan fingerprint density at radius 1 is 1.15 bits per heavy atom. The molecule has 0 saturated carbocycles. The van der Waals surface area contributed by atoms with E-state index in [1.807, 2.05) is 6.92 Å². The second-order valence-corrected chi connectivity index (χ2v) is 4.12. The molecular formula is C11H25NO. The van der Waals surface area contributed by atoms with Crippen LogP contribution in [0.5, 0.6) is 0 Å². The predicted octanol–water partition coefficient (Wildman–Crippen LogP) is 2.13. The van der Waals surface area contributed by atoms with E-state index in [1.165, 1.54) is 12.8 Å². The highest BCUT2D eigenvalue weighted by atomic mass is 16.3. The van der Waals surface area contributed by atoms with E-state index in [-0.39, 0.29) is 6.10 Å². The molecule has 0 rings (SSSR count). The molecule has 0 aromatic rings. The topological polar surface area (TPSA) is 23.5 Å².